The van der Waals surface area contributed by atoms with Crippen LogP contribution in [0.25, 0.3) is 0 Å². The minimum Gasteiger partial charge on any atom is -0.483 e. The average Bonchev–Trinajstić information content (AvgIpc) is 3.11. The van der Waals surface area contributed by atoms with Gasteiger partial charge in [-0.25, -0.2) is 9.18 Å². The molecule has 3 atom stereocenters. The lowest BCUT2D eigenvalue weighted by atomic mass is 9.99. The Morgan fingerprint density at radius 1 is 1.36 bits per heavy atom. The summed E-state index contributed by atoms with van der Waals surface area (Å²) < 4.78 is 30.2. The Morgan fingerprint density at radius 3 is 2.80 bits per heavy atom. The van der Waals surface area contributed by atoms with E-state index in [9.17, 15) is 14.0 Å². The Labute approximate surface area is 145 Å². The first-order valence-corrected chi connectivity index (χ1v) is 8.49. The van der Waals surface area contributed by atoms with Crippen LogP contribution in [0.15, 0.2) is 18.2 Å². The van der Waals surface area contributed by atoms with Gasteiger partial charge in [0.15, 0.2) is 11.6 Å². The van der Waals surface area contributed by atoms with Crippen molar-refractivity contribution >= 4 is 12.1 Å². The molecule has 0 spiro atoms. The molecule has 25 heavy (non-hydrogen) atoms. The van der Waals surface area contributed by atoms with E-state index < -0.39 is 35.9 Å². The number of hydrogen-bond acceptors (Lipinski definition) is 5. The van der Waals surface area contributed by atoms with E-state index in [1.807, 2.05) is 13.8 Å². The van der Waals surface area contributed by atoms with Crippen molar-refractivity contribution in [2.45, 2.75) is 32.9 Å². The van der Waals surface area contributed by atoms with Gasteiger partial charge in [0.2, 0.25) is 0 Å². The number of likely N-dealkylation sites (tertiary alicyclic amines) is 1. The van der Waals surface area contributed by atoms with Gasteiger partial charge in [-0.15, -0.1) is 0 Å². The van der Waals surface area contributed by atoms with Gasteiger partial charge in [-0.1, -0.05) is 26.0 Å². The molecule has 0 radical (unpaired) electrons. The van der Waals surface area contributed by atoms with Crippen molar-refractivity contribution in [2.24, 2.45) is 11.8 Å². The number of rotatable bonds is 4. The predicted octanol–water partition coefficient (Wildman–Crippen LogP) is 2.92. The fourth-order valence-corrected chi connectivity index (χ4v) is 3.30. The van der Waals surface area contributed by atoms with Gasteiger partial charge in [0.1, 0.15) is 18.1 Å². The van der Waals surface area contributed by atoms with Gasteiger partial charge in [-0.3, -0.25) is 9.69 Å². The number of carbonyl (C=O) groups is 2. The molecule has 0 aromatic heterocycles. The van der Waals surface area contributed by atoms with Crippen molar-refractivity contribution in [1.82, 2.24) is 4.90 Å². The Balaban J connectivity index is 1.90. The first kappa shape index (κ1) is 17.5. The fraction of sp³-hybridized carbons (Fsp3) is 0.556. The molecule has 0 aliphatic carbocycles. The van der Waals surface area contributed by atoms with E-state index in [4.69, 9.17) is 14.2 Å². The third-order valence-electron chi connectivity index (χ3n) is 4.37. The molecule has 2 heterocycles. The highest BCUT2D eigenvalue weighted by Crippen LogP contribution is 2.48. The van der Waals surface area contributed by atoms with E-state index in [0.717, 1.165) is 0 Å². The van der Waals surface area contributed by atoms with Crippen molar-refractivity contribution in [3.8, 4) is 5.75 Å². The van der Waals surface area contributed by atoms with Gasteiger partial charge in [0.25, 0.3) is 0 Å². The smallest absolute Gasteiger partial charge is 0.410 e. The monoisotopic (exact) mass is 351 g/mol. The number of para-hydroxylation sites is 1. The van der Waals surface area contributed by atoms with Crippen LogP contribution in [-0.2, 0) is 14.3 Å². The van der Waals surface area contributed by atoms with Gasteiger partial charge in [-0.05, 0) is 18.9 Å². The van der Waals surface area contributed by atoms with Crippen LogP contribution >= 0.6 is 0 Å². The fourth-order valence-electron chi connectivity index (χ4n) is 3.30. The zero-order chi connectivity index (χ0) is 18.1. The molecule has 1 fully saturated rings. The van der Waals surface area contributed by atoms with E-state index in [2.05, 4.69) is 0 Å². The lowest BCUT2D eigenvalue weighted by Crippen LogP contribution is -2.33. The maximum absolute atomic E-state index is 14.1. The molecule has 0 bridgehead atoms. The van der Waals surface area contributed by atoms with Gasteiger partial charge >= 0.3 is 12.1 Å². The van der Waals surface area contributed by atoms with Gasteiger partial charge in [0.05, 0.1) is 13.2 Å². The minimum atomic E-state index is -0.677. The zero-order valence-corrected chi connectivity index (χ0v) is 14.5. The van der Waals surface area contributed by atoms with Crippen LogP contribution < -0.4 is 4.74 Å². The van der Waals surface area contributed by atoms with Crippen LogP contribution in [0.3, 0.4) is 0 Å². The molecule has 1 amide bonds. The summed E-state index contributed by atoms with van der Waals surface area (Å²) in [5, 5.41) is 0. The normalized spacial score (nSPS) is 23.9. The zero-order valence-electron chi connectivity index (χ0n) is 14.5. The number of benzene rings is 1. The number of amides is 1. The molecule has 2 aliphatic rings. The number of halogens is 1. The van der Waals surface area contributed by atoms with Crippen molar-refractivity contribution in [2.75, 3.05) is 19.8 Å². The summed E-state index contributed by atoms with van der Waals surface area (Å²) in [4.78, 5) is 26.2. The topological polar surface area (TPSA) is 65.1 Å². The summed E-state index contributed by atoms with van der Waals surface area (Å²) in [6.45, 7) is 6.21. The molecule has 7 heteroatoms. The second-order valence-electron chi connectivity index (χ2n) is 6.67. The Kier molecular flexibility index (Phi) is 4.83. The highest BCUT2D eigenvalue weighted by molar-refractivity contribution is 5.78. The lowest BCUT2D eigenvalue weighted by Gasteiger charge is -2.23. The number of nitrogens with zero attached hydrogens (tertiary/aromatic N) is 1. The molecule has 0 N–H and O–H groups in total. The van der Waals surface area contributed by atoms with Crippen LogP contribution in [-0.4, -0.2) is 42.8 Å². The second-order valence-corrected chi connectivity index (χ2v) is 6.67. The minimum absolute atomic E-state index is 0.0909. The standard InChI is InChI=1S/C18H22FNO5/c1-4-23-17(21)12-8-20(18(22)24-9-10(2)3)14-11-6-5-7-13(19)15(11)25-16(12)14/h5-7,10,12,14,16H,4,8-9H2,1-3H3/t12-,14+,16+/m1/s1. The molecule has 1 aromatic rings. The number of fused-ring (bicyclic) bond motifs is 3. The molecule has 2 aliphatic heterocycles. The Hall–Kier alpha value is -2.31. The largest absolute Gasteiger partial charge is 0.483 e. The molecule has 1 aromatic carbocycles. The molecule has 0 unspecified atom stereocenters. The molecule has 3 rings (SSSR count). The van der Waals surface area contributed by atoms with Crippen molar-refractivity contribution in [1.29, 1.82) is 0 Å². The quantitative estimate of drug-likeness (QED) is 0.781. The van der Waals surface area contributed by atoms with Crippen molar-refractivity contribution < 1.29 is 28.2 Å². The van der Waals surface area contributed by atoms with Crippen molar-refractivity contribution in [3.63, 3.8) is 0 Å². The summed E-state index contributed by atoms with van der Waals surface area (Å²) in [5.41, 5.74) is 0.554. The summed E-state index contributed by atoms with van der Waals surface area (Å²) in [6, 6.07) is 4.01. The first-order valence-electron chi connectivity index (χ1n) is 8.49. The van der Waals surface area contributed by atoms with Gasteiger partial charge in [-0.2, -0.15) is 0 Å². The van der Waals surface area contributed by atoms with Crippen LogP contribution in [0.2, 0.25) is 0 Å². The average molecular weight is 351 g/mol. The third-order valence-corrected chi connectivity index (χ3v) is 4.37. The molecule has 6 nitrogen and oxygen atoms in total. The third kappa shape index (κ3) is 3.15. The molecular formula is C18H22FNO5. The van der Waals surface area contributed by atoms with E-state index in [1.165, 1.54) is 11.0 Å². The van der Waals surface area contributed by atoms with Gasteiger partial charge < -0.3 is 14.2 Å². The van der Waals surface area contributed by atoms with E-state index in [-0.39, 0.29) is 31.4 Å². The Bertz CT molecular complexity index is 677. The van der Waals surface area contributed by atoms with Crippen LogP contribution in [0.1, 0.15) is 32.4 Å². The number of esters is 1. The highest BCUT2D eigenvalue weighted by atomic mass is 19.1. The summed E-state index contributed by atoms with van der Waals surface area (Å²) in [7, 11) is 0. The number of hydrogen-bond donors (Lipinski definition) is 0. The van der Waals surface area contributed by atoms with E-state index >= 15 is 0 Å². The first-order chi connectivity index (χ1) is 11.9. The molecule has 0 saturated carbocycles. The maximum atomic E-state index is 14.1. The lowest BCUT2D eigenvalue weighted by molar-refractivity contribution is -0.149. The summed E-state index contributed by atoms with van der Waals surface area (Å²) in [6.07, 6.45) is -1.20. The second kappa shape index (κ2) is 6.90. The van der Waals surface area contributed by atoms with Crippen LogP contribution in [0.5, 0.6) is 5.75 Å². The van der Waals surface area contributed by atoms with Crippen LogP contribution in [0, 0.1) is 17.7 Å². The summed E-state index contributed by atoms with van der Waals surface area (Å²) in [5.74, 6) is -1.36. The van der Waals surface area contributed by atoms with Crippen LogP contribution in [0.4, 0.5) is 9.18 Å². The Morgan fingerprint density at radius 2 is 2.12 bits per heavy atom. The van der Waals surface area contributed by atoms with Crippen molar-refractivity contribution in [3.05, 3.63) is 29.6 Å². The van der Waals surface area contributed by atoms with E-state index in [1.54, 1.807) is 19.1 Å². The SMILES string of the molecule is CCOC(=O)[C@@H]1CN(C(=O)OCC(C)C)[C@H]2c3cccc(F)c3O[C@@H]12. The van der Waals surface area contributed by atoms with Gasteiger partial charge in [0, 0.05) is 12.1 Å². The molecule has 136 valence electrons. The molecule has 1 saturated heterocycles. The molecular weight excluding hydrogens is 329 g/mol. The highest BCUT2D eigenvalue weighted by Gasteiger charge is 2.55. The van der Waals surface area contributed by atoms with E-state index in [0.29, 0.717) is 5.56 Å². The predicted molar refractivity (Wildman–Crippen MR) is 86.6 cm³/mol. The number of carbonyl (C=O) groups excluding carboxylic acids is 2. The maximum Gasteiger partial charge on any atom is 0.410 e. The summed E-state index contributed by atoms with van der Waals surface area (Å²) >= 11 is 0. The number of ether oxygens (including phenoxy) is 3.